The topological polar surface area (TPSA) is 80.8 Å². The summed E-state index contributed by atoms with van der Waals surface area (Å²) in [6.45, 7) is 0. The molecule has 0 saturated carbocycles. The molecule has 0 spiro atoms. The molecule has 0 unspecified atom stereocenters. The van der Waals surface area contributed by atoms with Crippen molar-refractivity contribution in [2.45, 2.75) is 0 Å². The maximum atomic E-state index is 6.16. The number of hydrogen-bond acceptors (Lipinski definition) is 6. The second kappa shape index (κ2) is 7.26. The minimum absolute atomic E-state index is 0.513. The number of hydrogen-bond donors (Lipinski definition) is 1. The van der Waals surface area contributed by atoms with Gasteiger partial charge in [-0.25, -0.2) is 4.68 Å². The summed E-state index contributed by atoms with van der Waals surface area (Å²) < 4.78 is 23.0. The van der Waals surface area contributed by atoms with Crippen molar-refractivity contribution in [3.05, 3.63) is 42.5 Å². The fourth-order valence-corrected chi connectivity index (χ4v) is 2.70. The summed E-state index contributed by atoms with van der Waals surface area (Å²) in [6.07, 6.45) is 0. The highest BCUT2D eigenvalue weighted by molar-refractivity contribution is 5.70. The first-order valence-corrected chi connectivity index (χ1v) is 7.91. The van der Waals surface area contributed by atoms with Crippen molar-refractivity contribution >= 4 is 5.82 Å². The van der Waals surface area contributed by atoms with Crippen LogP contribution in [0.15, 0.2) is 42.5 Å². The quantitative estimate of drug-likeness (QED) is 0.731. The van der Waals surface area contributed by atoms with E-state index in [1.807, 2.05) is 36.4 Å². The lowest BCUT2D eigenvalue weighted by Crippen LogP contribution is -2.01. The Bertz CT molecular complexity index is 879. The Balaban J connectivity index is 2.05. The Hall–Kier alpha value is -3.35. The van der Waals surface area contributed by atoms with Crippen molar-refractivity contribution in [3.63, 3.8) is 0 Å². The van der Waals surface area contributed by atoms with Gasteiger partial charge in [0.1, 0.15) is 11.6 Å². The van der Waals surface area contributed by atoms with Crippen molar-refractivity contribution < 1.29 is 18.9 Å². The molecule has 0 aliphatic heterocycles. The average Bonchev–Trinajstić information content (AvgIpc) is 3.08. The van der Waals surface area contributed by atoms with E-state index >= 15 is 0 Å². The molecule has 7 nitrogen and oxygen atoms in total. The highest BCUT2D eigenvalue weighted by Gasteiger charge is 2.17. The van der Waals surface area contributed by atoms with Crippen molar-refractivity contribution in [1.29, 1.82) is 0 Å². The van der Waals surface area contributed by atoms with Crippen LogP contribution in [0, 0.1) is 0 Å². The fourth-order valence-electron chi connectivity index (χ4n) is 2.70. The molecule has 0 atom stereocenters. The van der Waals surface area contributed by atoms with Crippen LogP contribution in [0.5, 0.6) is 23.0 Å². The zero-order valence-electron chi connectivity index (χ0n) is 15.1. The van der Waals surface area contributed by atoms with Crippen LogP contribution < -0.4 is 24.7 Å². The summed E-state index contributed by atoms with van der Waals surface area (Å²) in [7, 11) is 6.34. The van der Waals surface area contributed by atoms with E-state index < -0.39 is 0 Å². The summed E-state index contributed by atoms with van der Waals surface area (Å²) in [5.74, 6) is 2.92. The van der Waals surface area contributed by atoms with Gasteiger partial charge in [-0.15, -0.1) is 0 Å². The number of benzene rings is 2. The number of nitrogen functional groups attached to an aromatic ring is 1. The molecule has 3 rings (SSSR count). The smallest absolute Gasteiger partial charge is 0.203 e. The summed E-state index contributed by atoms with van der Waals surface area (Å²) in [6, 6.07) is 13.0. The van der Waals surface area contributed by atoms with E-state index in [0.29, 0.717) is 28.8 Å². The van der Waals surface area contributed by atoms with Crippen LogP contribution in [0.4, 0.5) is 5.82 Å². The molecule has 2 N–H and O–H groups in total. The minimum Gasteiger partial charge on any atom is -0.497 e. The second-order valence-corrected chi connectivity index (χ2v) is 5.48. The number of methoxy groups -OCH3 is 4. The van der Waals surface area contributed by atoms with E-state index in [9.17, 15) is 0 Å². The molecule has 1 heterocycles. The number of ether oxygens (including phenoxy) is 4. The Morgan fingerprint density at radius 1 is 0.808 bits per heavy atom. The zero-order chi connectivity index (χ0) is 18.7. The molecule has 3 aromatic rings. The highest BCUT2D eigenvalue weighted by Crippen LogP contribution is 2.41. The van der Waals surface area contributed by atoms with E-state index in [1.54, 1.807) is 39.2 Å². The first-order valence-electron chi connectivity index (χ1n) is 7.91. The van der Waals surface area contributed by atoms with Crippen LogP contribution in [0.1, 0.15) is 0 Å². The minimum atomic E-state index is 0.513. The van der Waals surface area contributed by atoms with Crippen LogP contribution >= 0.6 is 0 Å². The molecule has 0 aliphatic carbocycles. The van der Waals surface area contributed by atoms with Gasteiger partial charge in [0.05, 0.1) is 39.8 Å². The molecule has 0 aliphatic rings. The van der Waals surface area contributed by atoms with Gasteiger partial charge in [-0.2, -0.15) is 5.10 Å². The molecule has 0 fully saturated rings. The SMILES string of the molecule is COc1ccc(-n2nc(-c3cc(OC)c(OC)c(OC)c3)cc2N)cc1. The first-order chi connectivity index (χ1) is 12.6. The lowest BCUT2D eigenvalue weighted by molar-refractivity contribution is 0.324. The molecule has 1 aromatic heterocycles. The summed E-state index contributed by atoms with van der Waals surface area (Å²) >= 11 is 0. The van der Waals surface area contributed by atoms with E-state index in [-0.39, 0.29) is 0 Å². The predicted octanol–water partition coefficient (Wildman–Crippen LogP) is 3.16. The van der Waals surface area contributed by atoms with Gasteiger partial charge >= 0.3 is 0 Å². The number of nitrogens with two attached hydrogens (primary N) is 1. The van der Waals surface area contributed by atoms with E-state index in [4.69, 9.17) is 24.7 Å². The molecule has 0 bridgehead atoms. The normalized spacial score (nSPS) is 10.5. The molecule has 7 heteroatoms. The zero-order valence-corrected chi connectivity index (χ0v) is 15.1. The Kier molecular flexibility index (Phi) is 4.88. The molecule has 0 saturated heterocycles. The van der Waals surface area contributed by atoms with Crippen LogP contribution in [-0.2, 0) is 0 Å². The Morgan fingerprint density at radius 2 is 1.42 bits per heavy atom. The number of aromatic nitrogens is 2. The van der Waals surface area contributed by atoms with Crippen molar-refractivity contribution in [2.24, 2.45) is 0 Å². The van der Waals surface area contributed by atoms with E-state index in [2.05, 4.69) is 5.10 Å². The van der Waals surface area contributed by atoms with Crippen LogP contribution in [0.2, 0.25) is 0 Å². The van der Waals surface area contributed by atoms with Gasteiger partial charge < -0.3 is 24.7 Å². The molecular weight excluding hydrogens is 334 g/mol. The largest absolute Gasteiger partial charge is 0.497 e. The van der Waals surface area contributed by atoms with Gasteiger partial charge in [0.2, 0.25) is 5.75 Å². The van der Waals surface area contributed by atoms with Crippen molar-refractivity contribution in [1.82, 2.24) is 9.78 Å². The molecule has 136 valence electrons. The van der Waals surface area contributed by atoms with Gasteiger partial charge in [0.15, 0.2) is 11.5 Å². The van der Waals surface area contributed by atoms with Crippen LogP contribution in [0.3, 0.4) is 0 Å². The summed E-state index contributed by atoms with van der Waals surface area (Å²) in [4.78, 5) is 0. The van der Waals surface area contributed by atoms with Gasteiger partial charge in [0, 0.05) is 11.6 Å². The Labute approximate surface area is 151 Å². The maximum Gasteiger partial charge on any atom is 0.203 e. The van der Waals surface area contributed by atoms with E-state index in [1.165, 1.54) is 0 Å². The van der Waals surface area contributed by atoms with Crippen molar-refractivity contribution in [3.8, 4) is 39.9 Å². The fraction of sp³-hybridized carbons (Fsp3) is 0.211. The van der Waals surface area contributed by atoms with Gasteiger partial charge in [-0.1, -0.05) is 0 Å². The van der Waals surface area contributed by atoms with Crippen LogP contribution in [0.25, 0.3) is 16.9 Å². The lowest BCUT2D eigenvalue weighted by atomic mass is 10.1. The third-order valence-electron chi connectivity index (χ3n) is 4.01. The molecular formula is C19H21N3O4. The third kappa shape index (κ3) is 3.11. The van der Waals surface area contributed by atoms with Gasteiger partial charge in [-0.3, -0.25) is 0 Å². The monoisotopic (exact) mass is 355 g/mol. The second-order valence-electron chi connectivity index (χ2n) is 5.48. The molecule has 0 radical (unpaired) electrons. The van der Waals surface area contributed by atoms with Gasteiger partial charge in [0.25, 0.3) is 0 Å². The molecule has 0 amide bonds. The maximum absolute atomic E-state index is 6.16. The number of anilines is 1. The van der Waals surface area contributed by atoms with Crippen molar-refractivity contribution in [2.75, 3.05) is 34.2 Å². The first kappa shape index (κ1) is 17.5. The standard InChI is InChI=1S/C19H21N3O4/c1-23-14-7-5-13(6-8-14)22-18(20)11-15(21-22)12-9-16(24-2)19(26-4)17(10-12)25-3/h5-11H,20H2,1-4H3. The third-order valence-corrected chi connectivity index (χ3v) is 4.01. The average molecular weight is 355 g/mol. The number of rotatable bonds is 6. The number of nitrogens with zero attached hydrogens (tertiary/aromatic N) is 2. The lowest BCUT2D eigenvalue weighted by Gasteiger charge is -2.13. The highest BCUT2D eigenvalue weighted by atomic mass is 16.5. The summed E-state index contributed by atoms with van der Waals surface area (Å²) in [5, 5.41) is 4.61. The van der Waals surface area contributed by atoms with E-state index in [0.717, 1.165) is 17.0 Å². The Morgan fingerprint density at radius 3 is 1.92 bits per heavy atom. The molecule has 2 aromatic carbocycles. The van der Waals surface area contributed by atoms with Crippen LogP contribution in [-0.4, -0.2) is 38.2 Å². The van der Waals surface area contributed by atoms with Gasteiger partial charge in [-0.05, 0) is 36.4 Å². The molecule has 26 heavy (non-hydrogen) atoms. The summed E-state index contributed by atoms with van der Waals surface area (Å²) in [5.41, 5.74) is 8.49. The predicted molar refractivity (Wildman–Crippen MR) is 99.6 cm³/mol.